The Hall–Kier alpha value is -2.04. The maximum absolute atomic E-state index is 6.01. The second kappa shape index (κ2) is 9.07. The van der Waals surface area contributed by atoms with Gasteiger partial charge in [0.2, 0.25) is 0 Å². The summed E-state index contributed by atoms with van der Waals surface area (Å²) >= 11 is 0. The van der Waals surface area contributed by atoms with E-state index in [0.29, 0.717) is 13.2 Å². The van der Waals surface area contributed by atoms with Crippen LogP contribution >= 0.6 is 0 Å². The molecule has 4 heteroatoms. The molecule has 0 bridgehead atoms. The standard InChI is InChI=1S/C28H36O4/c1-4-21-9-11-28(12-10-21,22-5-7-26(19(2)13-22)31-17-24-15-29-24)23-6-8-27(20(3)14-23)32-18-25-16-30-25/h5-8,13-14,21,24-25H,4,9-12,15-18H2,1-3H3. The second-order valence-corrected chi connectivity index (χ2v) is 9.93. The third-order valence-corrected chi connectivity index (χ3v) is 7.65. The monoisotopic (exact) mass is 436 g/mol. The number of ether oxygens (including phenoxy) is 4. The van der Waals surface area contributed by atoms with Gasteiger partial charge in [-0.3, -0.25) is 0 Å². The van der Waals surface area contributed by atoms with Gasteiger partial charge in [-0.2, -0.15) is 0 Å². The summed E-state index contributed by atoms with van der Waals surface area (Å²) in [5, 5.41) is 0. The number of hydrogen-bond donors (Lipinski definition) is 0. The molecule has 2 unspecified atom stereocenters. The van der Waals surface area contributed by atoms with Gasteiger partial charge in [-0.05, 0) is 79.8 Å². The molecule has 172 valence electrons. The van der Waals surface area contributed by atoms with Gasteiger partial charge in [-0.15, -0.1) is 0 Å². The maximum atomic E-state index is 6.01. The topological polar surface area (TPSA) is 43.5 Å². The Morgan fingerprint density at radius 1 is 0.812 bits per heavy atom. The molecule has 0 aromatic heterocycles. The highest BCUT2D eigenvalue weighted by Crippen LogP contribution is 2.48. The van der Waals surface area contributed by atoms with Crippen LogP contribution in [-0.2, 0) is 14.9 Å². The Morgan fingerprint density at radius 3 is 1.66 bits per heavy atom. The lowest BCUT2D eigenvalue weighted by Gasteiger charge is -2.42. The Labute approximate surface area is 192 Å². The molecule has 3 fully saturated rings. The van der Waals surface area contributed by atoms with Crippen molar-refractivity contribution in [3.8, 4) is 11.5 Å². The van der Waals surface area contributed by atoms with Crippen molar-refractivity contribution in [2.75, 3.05) is 26.4 Å². The molecular formula is C28H36O4. The van der Waals surface area contributed by atoms with Crippen molar-refractivity contribution in [1.29, 1.82) is 0 Å². The summed E-state index contributed by atoms with van der Waals surface area (Å²) in [6.07, 6.45) is 6.78. The molecule has 2 aliphatic heterocycles. The largest absolute Gasteiger partial charge is 0.491 e. The Balaban J connectivity index is 1.43. The van der Waals surface area contributed by atoms with E-state index in [1.54, 1.807) is 0 Å². The fraction of sp³-hybridized carbons (Fsp3) is 0.571. The second-order valence-electron chi connectivity index (χ2n) is 9.93. The number of aryl methyl sites for hydroxylation is 2. The zero-order chi connectivity index (χ0) is 22.1. The third kappa shape index (κ3) is 4.67. The van der Waals surface area contributed by atoms with E-state index in [4.69, 9.17) is 18.9 Å². The summed E-state index contributed by atoms with van der Waals surface area (Å²) in [5.74, 6) is 2.79. The maximum Gasteiger partial charge on any atom is 0.122 e. The first-order valence-corrected chi connectivity index (χ1v) is 12.3. The van der Waals surface area contributed by atoms with Crippen LogP contribution in [0.15, 0.2) is 36.4 Å². The molecule has 0 amide bonds. The molecule has 2 saturated heterocycles. The molecule has 3 aliphatic rings. The molecule has 1 saturated carbocycles. The zero-order valence-corrected chi connectivity index (χ0v) is 19.7. The Morgan fingerprint density at radius 2 is 1.28 bits per heavy atom. The van der Waals surface area contributed by atoms with E-state index < -0.39 is 0 Å². The average Bonchev–Trinajstić information content (AvgIpc) is 3.73. The van der Waals surface area contributed by atoms with Gasteiger partial charge in [-0.1, -0.05) is 37.6 Å². The zero-order valence-electron chi connectivity index (χ0n) is 19.7. The highest BCUT2D eigenvalue weighted by atomic mass is 16.6. The van der Waals surface area contributed by atoms with Gasteiger partial charge in [0, 0.05) is 5.41 Å². The van der Waals surface area contributed by atoms with Crippen molar-refractivity contribution >= 4 is 0 Å². The lowest BCUT2D eigenvalue weighted by atomic mass is 9.62. The Kier molecular flexibility index (Phi) is 6.18. The van der Waals surface area contributed by atoms with Crippen molar-refractivity contribution in [1.82, 2.24) is 0 Å². The van der Waals surface area contributed by atoms with Crippen LogP contribution in [0.1, 0.15) is 61.3 Å². The predicted molar refractivity (Wildman–Crippen MR) is 126 cm³/mol. The van der Waals surface area contributed by atoms with E-state index in [-0.39, 0.29) is 17.6 Å². The van der Waals surface area contributed by atoms with E-state index in [2.05, 4.69) is 57.2 Å². The molecule has 0 spiro atoms. The number of hydrogen-bond acceptors (Lipinski definition) is 4. The highest BCUT2D eigenvalue weighted by molar-refractivity contribution is 5.48. The van der Waals surface area contributed by atoms with Crippen LogP contribution in [0.25, 0.3) is 0 Å². The first kappa shape index (κ1) is 21.8. The SMILES string of the molecule is CCC1CCC(c2ccc(OCC3CO3)c(C)c2)(c2ccc(OCC3CO3)c(C)c2)CC1. The van der Waals surface area contributed by atoms with Crippen LogP contribution in [-0.4, -0.2) is 38.6 Å². The van der Waals surface area contributed by atoms with Gasteiger partial charge in [0.05, 0.1) is 13.2 Å². The molecule has 2 aromatic carbocycles. The number of epoxide rings is 2. The minimum Gasteiger partial charge on any atom is -0.491 e. The summed E-state index contributed by atoms with van der Waals surface area (Å²) in [7, 11) is 0. The lowest BCUT2D eigenvalue weighted by molar-refractivity contribution is 0.255. The molecule has 1 aliphatic carbocycles. The van der Waals surface area contributed by atoms with E-state index in [0.717, 1.165) is 30.6 Å². The molecule has 0 N–H and O–H groups in total. The van der Waals surface area contributed by atoms with Crippen molar-refractivity contribution < 1.29 is 18.9 Å². The predicted octanol–water partition coefficient (Wildman–Crippen LogP) is 5.74. The van der Waals surface area contributed by atoms with Crippen molar-refractivity contribution in [3.05, 3.63) is 58.7 Å². The van der Waals surface area contributed by atoms with Gasteiger partial charge in [0.15, 0.2) is 0 Å². The summed E-state index contributed by atoms with van der Waals surface area (Å²) in [4.78, 5) is 0. The van der Waals surface area contributed by atoms with Gasteiger partial charge >= 0.3 is 0 Å². The Bertz CT molecular complexity index is 869. The molecule has 2 heterocycles. The highest BCUT2D eigenvalue weighted by Gasteiger charge is 2.38. The van der Waals surface area contributed by atoms with Crippen molar-refractivity contribution in [2.45, 2.75) is 70.5 Å². The first-order chi connectivity index (χ1) is 15.6. The smallest absolute Gasteiger partial charge is 0.122 e. The van der Waals surface area contributed by atoms with Crippen LogP contribution < -0.4 is 9.47 Å². The minimum absolute atomic E-state index is 0.0530. The van der Waals surface area contributed by atoms with E-state index >= 15 is 0 Å². The fourth-order valence-corrected chi connectivity index (χ4v) is 5.23. The van der Waals surface area contributed by atoms with Crippen LogP contribution in [0.4, 0.5) is 0 Å². The van der Waals surface area contributed by atoms with E-state index in [1.807, 2.05) is 0 Å². The molecular weight excluding hydrogens is 400 g/mol. The first-order valence-electron chi connectivity index (χ1n) is 12.3. The average molecular weight is 437 g/mol. The number of benzene rings is 2. The summed E-state index contributed by atoms with van der Waals surface area (Å²) in [5.41, 5.74) is 5.30. The van der Waals surface area contributed by atoms with Gasteiger partial charge in [-0.25, -0.2) is 0 Å². The van der Waals surface area contributed by atoms with Gasteiger partial charge in [0.1, 0.15) is 36.9 Å². The molecule has 4 nitrogen and oxygen atoms in total. The number of rotatable bonds is 9. The summed E-state index contributed by atoms with van der Waals surface area (Å²) in [6, 6.07) is 13.7. The summed E-state index contributed by atoms with van der Waals surface area (Å²) in [6.45, 7) is 9.61. The normalized spacial score (nSPS) is 28.9. The molecule has 2 aromatic rings. The lowest BCUT2D eigenvalue weighted by Crippen LogP contribution is -2.33. The third-order valence-electron chi connectivity index (χ3n) is 7.65. The van der Waals surface area contributed by atoms with E-state index in [1.165, 1.54) is 54.4 Å². The molecule has 32 heavy (non-hydrogen) atoms. The fourth-order valence-electron chi connectivity index (χ4n) is 5.23. The van der Waals surface area contributed by atoms with Gasteiger partial charge in [0.25, 0.3) is 0 Å². The van der Waals surface area contributed by atoms with E-state index in [9.17, 15) is 0 Å². The quantitative estimate of drug-likeness (QED) is 0.470. The van der Waals surface area contributed by atoms with Gasteiger partial charge < -0.3 is 18.9 Å². The summed E-state index contributed by atoms with van der Waals surface area (Å²) < 4.78 is 22.6. The van der Waals surface area contributed by atoms with Crippen LogP contribution in [0.2, 0.25) is 0 Å². The van der Waals surface area contributed by atoms with Crippen LogP contribution in [0.3, 0.4) is 0 Å². The molecule has 2 atom stereocenters. The minimum atomic E-state index is 0.0530. The molecule has 0 radical (unpaired) electrons. The molecule has 5 rings (SSSR count). The van der Waals surface area contributed by atoms with Crippen LogP contribution in [0.5, 0.6) is 11.5 Å². The van der Waals surface area contributed by atoms with Crippen molar-refractivity contribution in [3.63, 3.8) is 0 Å². The van der Waals surface area contributed by atoms with Crippen LogP contribution in [0, 0.1) is 19.8 Å². The van der Waals surface area contributed by atoms with Crippen molar-refractivity contribution in [2.24, 2.45) is 5.92 Å².